The number of tetrazole rings is 1. The Bertz CT molecular complexity index is 1030. The smallest absolute Gasteiger partial charge is 0.233 e. The summed E-state index contributed by atoms with van der Waals surface area (Å²) in [6.45, 7) is 0.901. The van der Waals surface area contributed by atoms with Crippen molar-refractivity contribution < 1.29 is 9.53 Å². The van der Waals surface area contributed by atoms with Crippen molar-refractivity contribution in [3.63, 3.8) is 0 Å². The Kier molecular flexibility index (Phi) is 5.36. The van der Waals surface area contributed by atoms with Gasteiger partial charge in [-0.25, -0.2) is 9.67 Å². The highest BCUT2D eigenvalue weighted by molar-refractivity contribution is 7.22. The Hall–Kier alpha value is -3.17. The van der Waals surface area contributed by atoms with Gasteiger partial charge in [0.15, 0.2) is 5.13 Å². The molecule has 8 nitrogen and oxygen atoms in total. The zero-order valence-electron chi connectivity index (χ0n) is 15.2. The van der Waals surface area contributed by atoms with Crippen molar-refractivity contribution >= 4 is 32.6 Å². The van der Waals surface area contributed by atoms with E-state index in [4.69, 9.17) is 4.74 Å². The third-order valence-corrected chi connectivity index (χ3v) is 5.30. The minimum absolute atomic E-state index is 0.0220. The van der Waals surface area contributed by atoms with Crippen molar-refractivity contribution in [2.45, 2.75) is 6.42 Å². The number of methoxy groups -OCH3 is 1. The molecule has 2 aromatic carbocycles. The van der Waals surface area contributed by atoms with Gasteiger partial charge in [0.2, 0.25) is 5.91 Å². The van der Waals surface area contributed by atoms with Crippen molar-refractivity contribution in [3.8, 4) is 5.69 Å². The average molecular weight is 394 g/mol. The summed E-state index contributed by atoms with van der Waals surface area (Å²) in [5.74, 6) is -0.0220. The third-order valence-electron chi connectivity index (χ3n) is 4.24. The molecule has 2 aromatic heterocycles. The monoisotopic (exact) mass is 394 g/mol. The van der Waals surface area contributed by atoms with Gasteiger partial charge in [-0.2, -0.15) is 0 Å². The first-order chi connectivity index (χ1) is 13.7. The molecule has 0 bridgehead atoms. The van der Waals surface area contributed by atoms with E-state index >= 15 is 0 Å². The average Bonchev–Trinajstić information content (AvgIpc) is 3.39. The minimum Gasteiger partial charge on any atom is -0.383 e. The second-order valence-electron chi connectivity index (χ2n) is 6.10. The summed E-state index contributed by atoms with van der Waals surface area (Å²) in [7, 11) is 1.62. The normalized spacial score (nSPS) is 11.0. The Morgan fingerprint density at radius 1 is 1.18 bits per heavy atom. The number of anilines is 1. The van der Waals surface area contributed by atoms with E-state index < -0.39 is 0 Å². The molecule has 4 aromatic rings. The van der Waals surface area contributed by atoms with Gasteiger partial charge in [-0.1, -0.05) is 35.6 Å². The first kappa shape index (κ1) is 18.2. The van der Waals surface area contributed by atoms with Crippen LogP contribution in [0.2, 0.25) is 0 Å². The van der Waals surface area contributed by atoms with E-state index in [-0.39, 0.29) is 12.3 Å². The fourth-order valence-electron chi connectivity index (χ4n) is 2.80. The van der Waals surface area contributed by atoms with E-state index in [9.17, 15) is 4.79 Å². The summed E-state index contributed by atoms with van der Waals surface area (Å²) in [5.41, 5.74) is 2.64. The van der Waals surface area contributed by atoms with Crippen LogP contribution >= 0.6 is 11.3 Å². The first-order valence-electron chi connectivity index (χ1n) is 8.72. The summed E-state index contributed by atoms with van der Waals surface area (Å²) < 4.78 is 7.81. The molecule has 28 heavy (non-hydrogen) atoms. The molecule has 142 valence electrons. The molecule has 9 heteroatoms. The van der Waals surface area contributed by atoms with Crippen LogP contribution in [0.25, 0.3) is 15.9 Å². The number of thiazole rings is 1. The molecule has 4 rings (SSSR count). The zero-order chi connectivity index (χ0) is 19.3. The quantitative estimate of drug-likeness (QED) is 0.479. The topological polar surface area (TPSA) is 86.0 Å². The van der Waals surface area contributed by atoms with Gasteiger partial charge in [0, 0.05) is 7.11 Å². The van der Waals surface area contributed by atoms with Crippen LogP contribution in [0.4, 0.5) is 5.13 Å². The van der Waals surface area contributed by atoms with Crippen LogP contribution in [0.1, 0.15) is 5.56 Å². The van der Waals surface area contributed by atoms with Crippen LogP contribution < -0.4 is 4.90 Å². The molecule has 0 fully saturated rings. The molecule has 0 unspecified atom stereocenters. The zero-order valence-corrected chi connectivity index (χ0v) is 16.0. The molecule has 0 N–H and O–H groups in total. The number of benzene rings is 2. The van der Waals surface area contributed by atoms with E-state index in [0.717, 1.165) is 21.5 Å². The predicted octanol–water partition coefficient (Wildman–Crippen LogP) is 2.49. The van der Waals surface area contributed by atoms with Crippen molar-refractivity contribution in [2.75, 3.05) is 25.2 Å². The molecule has 0 aliphatic carbocycles. The van der Waals surface area contributed by atoms with Gasteiger partial charge in [-0.15, -0.1) is 5.10 Å². The van der Waals surface area contributed by atoms with Gasteiger partial charge < -0.3 is 4.74 Å². The van der Waals surface area contributed by atoms with Gasteiger partial charge >= 0.3 is 0 Å². The largest absolute Gasteiger partial charge is 0.383 e. The van der Waals surface area contributed by atoms with E-state index in [1.807, 2.05) is 48.5 Å². The fraction of sp³-hybridized carbons (Fsp3) is 0.211. The van der Waals surface area contributed by atoms with E-state index in [0.29, 0.717) is 18.3 Å². The third kappa shape index (κ3) is 3.90. The summed E-state index contributed by atoms with van der Waals surface area (Å²) in [5, 5.41) is 11.8. The number of rotatable bonds is 7. The first-order valence-corrected chi connectivity index (χ1v) is 9.53. The number of carbonyl (C=O) groups excluding carboxylic acids is 1. The maximum absolute atomic E-state index is 13.0. The van der Waals surface area contributed by atoms with Crippen molar-refractivity contribution in [3.05, 3.63) is 60.4 Å². The summed E-state index contributed by atoms with van der Waals surface area (Å²) in [4.78, 5) is 19.3. The number of para-hydroxylation sites is 1. The van der Waals surface area contributed by atoms with Crippen LogP contribution in [0.15, 0.2) is 54.9 Å². The highest BCUT2D eigenvalue weighted by atomic mass is 32.1. The maximum atomic E-state index is 13.0. The van der Waals surface area contributed by atoms with E-state index in [1.54, 1.807) is 16.7 Å². The second kappa shape index (κ2) is 8.24. The van der Waals surface area contributed by atoms with Gasteiger partial charge in [0.05, 0.1) is 35.5 Å². The lowest BCUT2D eigenvalue weighted by molar-refractivity contribution is -0.118. The van der Waals surface area contributed by atoms with Gasteiger partial charge in [-0.3, -0.25) is 9.69 Å². The van der Waals surface area contributed by atoms with Crippen molar-refractivity contribution in [2.24, 2.45) is 0 Å². The predicted molar refractivity (Wildman–Crippen MR) is 107 cm³/mol. The van der Waals surface area contributed by atoms with Gasteiger partial charge in [0.25, 0.3) is 0 Å². The molecule has 0 aliphatic heterocycles. The Labute approximate surface area is 165 Å². The number of aromatic nitrogens is 5. The van der Waals surface area contributed by atoms with E-state index in [2.05, 4.69) is 20.5 Å². The molecule has 0 saturated heterocycles. The highest BCUT2D eigenvalue weighted by Gasteiger charge is 2.20. The number of nitrogens with zero attached hydrogens (tertiary/aromatic N) is 6. The SMILES string of the molecule is COCCN(C(=O)Cc1ccc(-n2cnnn2)cc1)c1nc2ccccc2s1. The molecule has 0 spiro atoms. The van der Waals surface area contributed by atoms with Crippen LogP contribution in [0, 0.1) is 0 Å². The van der Waals surface area contributed by atoms with Gasteiger partial charge in [-0.05, 0) is 40.3 Å². The van der Waals surface area contributed by atoms with Crippen molar-refractivity contribution in [1.82, 2.24) is 25.2 Å². The number of amides is 1. The second-order valence-corrected chi connectivity index (χ2v) is 7.11. The van der Waals surface area contributed by atoms with Gasteiger partial charge in [0.1, 0.15) is 6.33 Å². The molecule has 2 heterocycles. The number of hydrogen-bond donors (Lipinski definition) is 0. The van der Waals surface area contributed by atoms with Crippen LogP contribution in [0.5, 0.6) is 0 Å². The molecular weight excluding hydrogens is 376 g/mol. The minimum atomic E-state index is -0.0220. The Balaban J connectivity index is 1.53. The molecule has 0 atom stereocenters. The lowest BCUT2D eigenvalue weighted by atomic mass is 10.1. The summed E-state index contributed by atoms with van der Waals surface area (Å²) in [6, 6.07) is 15.5. The van der Waals surface area contributed by atoms with Crippen LogP contribution in [0.3, 0.4) is 0 Å². The summed E-state index contributed by atoms with van der Waals surface area (Å²) in [6.07, 6.45) is 1.80. The van der Waals surface area contributed by atoms with Crippen LogP contribution in [-0.2, 0) is 16.0 Å². The number of fused-ring (bicyclic) bond motifs is 1. The number of ether oxygens (including phenoxy) is 1. The molecule has 1 amide bonds. The molecule has 0 radical (unpaired) electrons. The Morgan fingerprint density at radius 3 is 2.71 bits per heavy atom. The molecule has 0 aliphatic rings. The maximum Gasteiger partial charge on any atom is 0.233 e. The fourth-order valence-corrected chi connectivity index (χ4v) is 3.81. The molecule has 0 saturated carbocycles. The standard InChI is InChI=1S/C19H18N6O2S/c1-27-11-10-24(19-21-16-4-2-3-5-17(16)28-19)18(26)12-14-6-8-15(9-7-14)25-13-20-22-23-25/h2-9,13H,10-12H2,1H3. The highest BCUT2D eigenvalue weighted by Crippen LogP contribution is 2.29. The summed E-state index contributed by atoms with van der Waals surface area (Å²) >= 11 is 1.51. The Morgan fingerprint density at radius 2 is 2.00 bits per heavy atom. The van der Waals surface area contributed by atoms with Crippen molar-refractivity contribution in [1.29, 1.82) is 0 Å². The lowest BCUT2D eigenvalue weighted by Gasteiger charge is -2.19. The number of hydrogen-bond acceptors (Lipinski definition) is 7. The lowest BCUT2D eigenvalue weighted by Crippen LogP contribution is -2.35. The van der Waals surface area contributed by atoms with E-state index in [1.165, 1.54) is 17.7 Å². The van der Waals surface area contributed by atoms with Crippen LogP contribution in [-0.4, -0.2) is 51.4 Å². The number of carbonyl (C=O) groups is 1. The molecular formula is C19H18N6O2S.